The monoisotopic (exact) mass is 196 g/mol. The van der Waals surface area contributed by atoms with Crippen LogP contribution in [0.1, 0.15) is 13.3 Å². The highest BCUT2D eigenvalue weighted by Gasteiger charge is 1.93. The van der Waals surface area contributed by atoms with E-state index in [9.17, 15) is 9.59 Å². The standard InChI is InChI=1S/C10H12O4/c1-2-3-4-5-8-14-10(13)7-6-9(11)12/h3-8H,2H2,1H3,(H,11,12)/b4-3?,7-6-,8-5?. The van der Waals surface area contributed by atoms with Crippen molar-refractivity contribution in [2.24, 2.45) is 0 Å². The van der Waals surface area contributed by atoms with Gasteiger partial charge in [-0.1, -0.05) is 19.1 Å². The van der Waals surface area contributed by atoms with Crippen molar-refractivity contribution in [2.75, 3.05) is 0 Å². The molecule has 0 spiro atoms. The van der Waals surface area contributed by atoms with Crippen LogP contribution >= 0.6 is 0 Å². The summed E-state index contributed by atoms with van der Waals surface area (Å²) in [7, 11) is 0. The molecule has 0 saturated heterocycles. The number of hydrogen-bond donors (Lipinski definition) is 1. The summed E-state index contributed by atoms with van der Waals surface area (Å²) < 4.78 is 4.52. The van der Waals surface area contributed by atoms with Gasteiger partial charge in [0.1, 0.15) is 0 Å². The number of rotatable bonds is 5. The molecule has 14 heavy (non-hydrogen) atoms. The van der Waals surface area contributed by atoms with E-state index in [1.165, 1.54) is 6.26 Å². The molecule has 0 rings (SSSR count). The molecule has 0 aliphatic rings. The third-order valence-electron chi connectivity index (χ3n) is 1.11. The summed E-state index contributed by atoms with van der Waals surface area (Å²) in [6, 6.07) is 0. The van der Waals surface area contributed by atoms with E-state index in [-0.39, 0.29) is 0 Å². The Labute approximate surface area is 82.2 Å². The molecule has 4 heteroatoms. The Morgan fingerprint density at radius 3 is 2.57 bits per heavy atom. The number of carboxylic acid groups (broad SMARTS) is 1. The summed E-state index contributed by atoms with van der Waals surface area (Å²) in [5, 5.41) is 8.18. The smallest absolute Gasteiger partial charge is 0.335 e. The first-order valence-corrected chi connectivity index (χ1v) is 4.10. The molecular formula is C10H12O4. The minimum atomic E-state index is -1.18. The average molecular weight is 196 g/mol. The zero-order valence-corrected chi connectivity index (χ0v) is 7.84. The molecule has 0 aliphatic heterocycles. The van der Waals surface area contributed by atoms with Crippen LogP contribution in [0.2, 0.25) is 0 Å². The van der Waals surface area contributed by atoms with Gasteiger partial charge in [0, 0.05) is 12.2 Å². The van der Waals surface area contributed by atoms with Crippen molar-refractivity contribution in [3.63, 3.8) is 0 Å². The zero-order chi connectivity index (χ0) is 10.8. The zero-order valence-electron chi connectivity index (χ0n) is 7.84. The minimum absolute atomic E-state index is 0.714. The second-order valence-corrected chi connectivity index (χ2v) is 2.27. The summed E-state index contributed by atoms with van der Waals surface area (Å²) in [5.41, 5.74) is 0. The lowest BCUT2D eigenvalue weighted by Gasteiger charge is -1.89. The van der Waals surface area contributed by atoms with Crippen molar-refractivity contribution in [3.8, 4) is 0 Å². The first kappa shape index (κ1) is 12.2. The van der Waals surface area contributed by atoms with E-state index in [1.54, 1.807) is 12.2 Å². The number of carbonyl (C=O) groups is 2. The van der Waals surface area contributed by atoms with Crippen molar-refractivity contribution >= 4 is 11.9 Å². The van der Waals surface area contributed by atoms with Crippen LogP contribution in [0.4, 0.5) is 0 Å². The Morgan fingerprint density at radius 2 is 2.00 bits per heavy atom. The van der Waals surface area contributed by atoms with E-state index >= 15 is 0 Å². The predicted octanol–water partition coefficient (Wildman–Crippen LogP) is 1.65. The van der Waals surface area contributed by atoms with Crippen molar-refractivity contribution in [1.82, 2.24) is 0 Å². The lowest BCUT2D eigenvalue weighted by molar-refractivity contribution is -0.134. The Balaban J connectivity index is 3.79. The normalized spacial score (nSPS) is 11.5. The second kappa shape index (κ2) is 7.79. The van der Waals surface area contributed by atoms with Gasteiger partial charge in [-0.2, -0.15) is 0 Å². The number of hydrogen-bond acceptors (Lipinski definition) is 3. The van der Waals surface area contributed by atoms with E-state index in [0.29, 0.717) is 0 Å². The van der Waals surface area contributed by atoms with Gasteiger partial charge in [-0.3, -0.25) is 0 Å². The predicted molar refractivity (Wildman–Crippen MR) is 51.4 cm³/mol. The van der Waals surface area contributed by atoms with Gasteiger partial charge in [-0.15, -0.1) is 0 Å². The average Bonchev–Trinajstić information content (AvgIpc) is 2.14. The van der Waals surface area contributed by atoms with Gasteiger partial charge < -0.3 is 9.84 Å². The van der Waals surface area contributed by atoms with Crippen molar-refractivity contribution < 1.29 is 19.4 Å². The molecule has 0 bridgehead atoms. The van der Waals surface area contributed by atoms with Gasteiger partial charge in [-0.05, 0) is 12.5 Å². The van der Waals surface area contributed by atoms with E-state index in [1.807, 2.05) is 13.0 Å². The fourth-order valence-electron chi connectivity index (χ4n) is 0.545. The van der Waals surface area contributed by atoms with Gasteiger partial charge in [0.2, 0.25) is 0 Å². The molecule has 1 N–H and O–H groups in total. The number of ether oxygens (including phenoxy) is 1. The lowest BCUT2D eigenvalue weighted by Crippen LogP contribution is -1.96. The molecule has 4 nitrogen and oxygen atoms in total. The Kier molecular flexibility index (Phi) is 6.77. The van der Waals surface area contributed by atoms with Gasteiger partial charge in [0.15, 0.2) is 0 Å². The van der Waals surface area contributed by atoms with E-state index < -0.39 is 11.9 Å². The number of carbonyl (C=O) groups excluding carboxylic acids is 1. The molecule has 0 unspecified atom stereocenters. The van der Waals surface area contributed by atoms with Gasteiger partial charge in [0.05, 0.1) is 6.26 Å². The fourth-order valence-corrected chi connectivity index (χ4v) is 0.545. The Hall–Kier alpha value is -1.84. The molecule has 0 heterocycles. The van der Waals surface area contributed by atoms with Crippen LogP contribution in [0.25, 0.3) is 0 Å². The van der Waals surface area contributed by atoms with Crippen LogP contribution in [0.3, 0.4) is 0 Å². The fraction of sp³-hybridized carbons (Fsp3) is 0.200. The summed E-state index contributed by atoms with van der Waals surface area (Å²) >= 11 is 0. The maximum Gasteiger partial charge on any atom is 0.335 e. The quantitative estimate of drug-likeness (QED) is 0.314. The van der Waals surface area contributed by atoms with Gasteiger partial charge in [0.25, 0.3) is 0 Å². The highest BCUT2D eigenvalue weighted by atomic mass is 16.5. The highest BCUT2D eigenvalue weighted by molar-refractivity contribution is 5.90. The number of carboxylic acids is 1. The van der Waals surface area contributed by atoms with Crippen LogP contribution in [0.5, 0.6) is 0 Å². The molecule has 0 radical (unpaired) electrons. The maximum absolute atomic E-state index is 10.7. The number of aliphatic carboxylic acids is 1. The van der Waals surface area contributed by atoms with Crippen LogP contribution in [0, 0.1) is 0 Å². The van der Waals surface area contributed by atoms with Crippen molar-refractivity contribution in [3.05, 3.63) is 36.6 Å². The van der Waals surface area contributed by atoms with Crippen LogP contribution < -0.4 is 0 Å². The van der Waals surface area contributed by atoms with E-state index in [4.69, 9.17) is 5.11 Å². The summed E-state index contributed by atoms with van der Waals surface area (Å²) in [4.78, 5) is 20.7. The lowest BCUT2D eigenvalue weighted by atomic mass is 10.4. The third-order valence-corrected chi connectivity index (χ3v) is 1.11. The maximum atomic E-state index is 10.7. The highest BCUT2D eigenvalue weighted by Crippen LogP contribution is 1.86. The number of esters is 1. The minimum Gasteiger partial charge on any atom is -0.478 e. The Morgan fingerprint density at radius 1 is 1.29 bits per heavy atom. The molecule has 76 valence electrons. The molecule has 0 aromatic carbocycles. The first-order valence-electron chi connectivity index (χ1n) is 4.10. The molecular weight excluding hydrogens is 184 g/mol. The van der Waals surface area contributed by atoms with Crippen molar-refractivity contribution in [2.45, 2.75) is 13.3 Å². The topological polar surface area (TPSA) is 63.6 Å². The molecule has 0 atom stereocenters. The Bertz CT molecular complexity index is 274. The largest absolute Gasteiger partial charge is 0.478 e. The van der Waals surface area contributed by atoms with Crippen LogP contribution in [-0.4, -0.2) is 17.0 Å². The molecule has 0 fully saturated rings. The van der Waals surface area contributed by atoms with Crippen molar-refractivity contribution in [1.29, 1.82) is 0 Å². The van der Waals surface area contributed by atoms with Gasteiger partial charge >= 0.3 is 11.9 Å². The third kappa shape index (κ3) is 8.26. The molecule has 0 aliphatic carbocycles. The van der Waals surface area contributed by atoms with E-state index in [0.717, 1.165) is 18.6 Å². The molecule has 0 aromatic rings. The molecule has 0 aromatic heterocycles. The summed E-state index contributed by atoms with van der Waals surface area (Å²) in [5.74, 6) is -1.90. The number of allylic oxidation sites excluding steroid dienone is 3. The van der Waals surface area contributed by atoms with Gasteiger partial charge in [-0.25, -0.2) is 9.59 Å². The second-order valence-electron chi connectivity index (χ2n) is 2.27. The summed E-state index contributed by atoms with van der Waals surface area (Å²) in [6.45, 7) is 1.98. The summed E-state index contributed by atoms with van der Waals surface area (Å²) in [6.07, 6.45) is 8.83. The first-order chi connectivity index (χ1) is 6.66. The molecule has 0 saturated carbocycles. The van der Waals surface area contributed by atoms with Crippen LogP contribution in [0.15, 0.2) is 36.6 Å². The van der Waals surface area contributed by atoms with Crippen LogP contribution in [-0.2, 0) is 14.3 Å². The molecule has 0 amide bonds. The SMILES string of the molecule is CCC=CC=COC(=O)/C=C\C(=O)O. The van der Waals surface area contributed by atoms with E-state index in [2.05, 4.69) is 4.74 Å².